The van der Waals surface area contributed by atoms with Gasteiger partial charge in [-0.1, -0.05) is 0 Å². The van der Waals surface area contributed by atoms with Crippen LogP contribution in [0, 0.1) is 5.92 Å². The van der Waals surface area contributed by atoms with Gasteiger partial charge in [0.05, 0.1) is 12.0 Å². The van der Waals surface area contributed by atoms with Crippen molar-refractivity contribution in [3.63, 3.8) is 0 Å². The van der Waals surface area contributed by atoms with Crippen LogP contribution in [0.3, 0.4) is 0 Å². The van der Waals surface area contributed by atoms with Gasteiger partial charge in [-0.2, -0.15) is 0 Å². The molecule has 2 unspecified atom stereocenters. The number of aliphatic hydroxyl groups is 1. The van der Waals surface area contributed by atoms with Crippen molar-refractivity contribution < 1.29 is 19.8 Å². The lowest BCUT2D eigenvalue weighted by atomic mass is 10.0. The molecule has 1 heterocycles. The predicted octanol–water partition coefficient (Wildman–Crippen LogP) is -0.537. The van der Waals surface area contributed by atoms with Gasteiger partial charge in [-0.15, -0.1) is 0 Å². The van der Waals surface area contributed by atoms with Gasteiger partial charge in [0.25, 0.3) is 0 Å². The molecule has 0 saturated carbocycles. The average molecular weight is 273 g/mol. The van der Waals surface area contributed by atoms with Crippen LogP contribution in [-0.2, 0) is 4.79 Å². The zero-order valence-corrected chi connectivity index (χ0v) is 11.5. The van der Waals surface area contributed by atoms with Crippen molar-refractivity contribution in [3.8, 4) is 0 Å². The first-order valence-electron chi connectivity index (χ1n) is 6.43. The number of carboxylic acid groups (broad SMARTS) is 1. The van der Waals surface area contributed by atoms with Crippen molar-refractivity contribution >= 4 is 12.0 Å². The molecule has 19 heavy (non-hydrogen) atoms. The molecule has 0 aromatic carbocycles. The summed E-state index contributed by atoms with van der Waals surface area (Å²) >= 11 is 0. The minimum atomic E-state index is -1.43. The quantitative estimate of drug-likeness (QED) is 0.521. The third-order valence-corrected chi connectivity index (χ3v) is 3.20. The molecule has 1 fully saturated rings. The lowest BCUT2D eigenvalue weighted by molar-refractivity contribution is -0.141. The van der Waals surface area contributed by atoms with E-state index in [-0.39, 0.29) is 12.6 Å². The monoisotopic (exact) mass is 273 g/mol. The average Bonchev–Trinajstić information content (AvgIpc) is 2.68. The topological polar surface area (TPSA) is 102 Å². The summed E-state index contributed by atoms with van der Waals surface area (Å²) in [6.07, 6.45) is 0.661. The second-order valence-electron chi connectivity index (χ2n) is 5.55. The molecule has 0 bridgehead atoms. The van der Waals surface area contributed by atoms with Crippen LogP contribution in [0.2, 0.25) is 0 Å². The van der Waals surface area contributed by atoms with Crippen LogP contribution < -0.4 is 10.6 Å². The Morgan fingerprint density at radius 3 is 2.63 bits per heavy atom. The number of nitrogens with zero attached hydrogens (tertiary/aromatic N) is 1. The number of likely N-dealkylation sites (tertiary alicyclic amines) is 1. The molecular formula is C12H23N3O4. The van der Waals surface area contributed by atoms with Gasteiger partial charge in [0, 0.05) is 19.6 Å². The largest absolute Gasteiger partial charge is 0.481 e. The Labute approximate surface area is 113 Å². The molecule has 0 spiro atoms. The second kappa shape index (κ2) is 6.72. The lowest BCUT2D eigenvalue weighted by Crippen LogP contribution is -2.46. The standard InChI is InChI=1S/C12H23N3O4/c1-12(19,5-10(16)17)8-14-11(18)13-6-9-3-4-15(2)7-9/h9,19H,3-8H2,1-2H3,(H,16,17)(H2,13,14,18). The zero-order chi connectivity index (χ0) is 14.5. The molecule has 1 aliphatic rings. The van der Waals surface area contributed by atoms with Gasteiger partial charge >= 0.3 is 12.0 Å². The first kappa shape index (κ1) is 15.7. The Morgan fingerprint density at radius 2 is 2.11 bits per heavy atom. The van der Waals surface area contributed by atoms with E-state index in [2.05, 4.69) is 15.5 Å². The third-order valence-electron chi connectivity index (χ3n) is 3.20. The summed E-state index contributed by atoms with van der Waals surface area (Å²) in [4.78, 5) is 24.2. The van der Waals surface area contributed by atoms with Gasteiger partial charge in [0.15, 0.2) is 0 Å². The van der Waals surface area contributed by atoms with Gasteiger partial charge in [-0.05, 0) is 32.9 Å². The molecule has 0 aromatic heterocycles. The highest BCUT2D eigenvalue weighted by molar-refractivity contribution is 5.74. The molecule has 4 N–H and O–H groups in total. The highest BCUT2D eigenvalue weighted by atomic mass is 16.4. The number of aliphatic carboxylic acids is 1. The molecule has 1 saturated heterocycles. The van der Waals surface area contributed by atoms with E-state index < -0.39 is 18.0 Å². The summed E-state index contributed by atoms with van der Waals surface area (Å²) in [5.41, 5.74) is -1.43. The fourth-order valence-electron chi connectivity index (χ4n) is 2.15. The molecule has 0 aliphatic carbocycles. The number of nitrogens with one attached hydrogen (secondary N) is 2. The van der Waals surface area contributed by atoms with Crippen LogP contribution >= 0.6 is 0 Å². The minimum Gasteiger partial charge on any atom is -0.481 e. The van der Waals surface area contributed by atoms with Gasteiger partial charge in [-0.3, -0.25) is 4.79 Å². The summed E-state index contributed by atoms with van der Waals surface area (Å²) < 4.78 is 0. The van der Waals surface area contributed by atoms with Gasteiger partial charge in [0.2, 0.25) is 0 Å². The summed E-state index contributed by atoms with van der Waals surface area (Å²) in [7, 11) is 2.04. The van der Waals surface area contributed by atoms with E-state index in [4.69, 9.17) is 5.11 Å². The number of rotatable bonds is 6. The Kier molecular flexibility index (Phi) is 5.56. The Bertz CT molecular complexity index is 333. The van der Waals surface area contributed by atoms with E-state index in [1.54, 1.807) is 0 Å². The maximum atomic E-state index is 11.5. The van der Waals surface area contributed by atoms with Crippen LogP contribution in [0.1, 0.15) is 19.8 Å². The number of hydrogen-bond acceptors (Lipinski definition) is 4. The molecule has 1 rings (SSSR count). The smallest absolute Gasteiger partial charge is 0.314 e. The first-order chi connectivity index (χ1) is 8.78. The van der Waals surface area contributed by atoms with E-state index in [1.807, 2.05) is 7.05 Å². The fraction of sp³-hybridized carbons (Fsp3) is 0.833. The van der Waals surface area contributed by atoms with Crippen molar-refractivity contribution in [2.45, 2.75) is 25.4 Å². The molecule has 0 radical (unpaired) electrons. The number of hydrogen-bond donors (Lipinski definition) is 4. The van der Waals surface area contributed by atoms with E-state index in [1.165, 1.54) is 6.92 Å². The lowest BCUT2D eigenvalue weighted by Gasteiger charge is -2.21. The number of carbonyl (C=O) groups excluding carboxylic acids is 1. The highest BCUT2D eigenvalue weighted by Crippen LogP contribution is 2.12. The van der Waals surface area contributed by atoms with E-state index >= 15 is 0 Å². The normalized spacial score (nSPS) is 22.8. The maximum absolute atomic E-state index is 11.5. The number of carboxylic acids is 1. The molecule has 7 heteroatoms. The zero-order valence-electron chi connectivity index (χ0n) is 11.5. The number of carbonyl (C=O) groups is 2. The van der Waals surface area contributed by atoms with Crippen LogP contribution in [0.5, 0.6) is 0 Å². The third kappa shape index (κ3) is 6.40. The molecule has 2 atom stereocenters. The van der Waals surface area contributed by atoms with Gasteiger partial charge in [0.1, 0.15) is 0 Å². The van der Waals surface area contributed by atoms with Gasteiger partial charge < -0.3 is 25.7 Å². The van der Waals surface area contributed by atoms with Crippen LogP contribution in [-0.4, -0.2) is 65.9 Å². The fourth-order valence-corrected chi connectivity index (χ4v) is 2.15. The van der Waals surface area contributed by atoms with Crippen molar-refractivity contribution in [2.24, 2.45) is 5.92 Å². The van der Waals surface area contributed by atoms with E-state index in [9.17, 15) is 14.7 Å². The second-order valence-corrected chi connectivity index (χ2v) is 5.55. The van der Waals surface area contributed by atoms with Crippen molar-refractivity contribution in [1.29, 1.82) is 0 Å². The molecular weight excluding hydrogens is 250 g/mol. The highest BCUT2D eigenvalue weighted by Gasteiger charge is 2.25. The van der Waals surface area contributed by atoms with E-state index in [0.717, 1.165) is 19.5 Å². The van der Waals surface area contributed by atoms with Crippen LogP contribution in [0.4, 0.5) is 4.79 Å². The molecule has 7 nitrogen and oxygen atoms in total. The van der Waals surface area contributed by atoms with Gasteiger partial charge in [-0.25, -0.2) is 4.79 Å². The van der Waals surface area contributed by atoms with E-state index in [0.29, 0.717) is 12.5 Å². The SMILES string of the molecule is CN1CCC(CNC(=O)NCC(C)(O)CC(=O)O)C1. The number of amides is 2. The Hall–Kier alpha value is -1.34. The molecule has 1 aliphatic heterocycles. The maximum Gasteiger partial charge on any atom is 0.314 e. The van der Waals surface area contributed by atoms with Crippen molar-refractivity contribution in [2.75, 3.05) is 33.2 Å². The van der Waals surface area contributed by atoms with Crippen molar-refractivity contribution in [3.05, 3.63) is 0 Å². The van der Waals surface area contributed by atoms with Crippen LogP contribution in [0.25, 0.3) is 0 Å². The van der Waals surface area contributed by atoms with Crippen LogP contribution in [0.15, 0.2) is 0 Å². The molecule has 2 amide bonds. The minimum absolute atomic E-state index is 0.0876. The molecule has 0 aromatic rings. The van der Waals surface area contributed by atoms with Crippen molar-refractivity contribution in [1.82, 2.24) is 15.5 Å². The summed E-state index contributed by atoms with van der Waals surface area (Å²) in [5.74, 6) is -0.642. The molecule has 110 valence electrons. The summed E-state index contributed by atoms with van der Waals surface area (Å²) in [6, 6.07) is -0.375. The Balaban J connectivity index is 2.19. The summed E-state index contributed by atoms with van der Waals surface area (Å²) in [6.45, 7) is 3.90. The first-order valence-corrected chi connectivity index (χ1v) is 6.43. The Morgan fingerprint density at radius 1 is 1.42 bits per heavy atom. The number of urea groups is 1. The predicted molar refractivity (Wildman–Crippen MR) is 69.9 cm³/mol. The summed E-state index contributed by atoms with van der Waals surface area (Å²) in [5, 5.41) is 23.5.